The number of pyridine rings is 1. The maximum Gasteiger partial charge on any atom is 0.255 e. The molecule has 78 heavy (non-hydrogen) atoms. The monoisotopic (exact) mass is 1010 g/mol. The second-order valence-corrected chi connectivity index (χ2v) is 24.4. The van der Waals surface area contributed by atoms with E-state index in [2.05, 4.69) is 287 Å². The van der Waals surface area contributed by atoms with Gasteiger partial charge in [0.15, 0.2) is 11.0 Å². The maximum atomic E-state index is 6.99. The van der Waals surface area contributed by atoms with E-state index in [0.717, 1.165) is 67.3 Å². The van der Waals surface area contributed by atoms with Gasteiger partial charge in [-0.15, -0.1) is 0 Å². The van der Waals surface area contributed by atoms with Crippen LogP contribution in [0.2, 0.25) is 0 Å². The molecule has 0 aliphatic rings. The van der Waals surface area contributed by atoms with E-state index in [1.54, 1.807) is 0 Å². The number of rotatable bonds is 7. The highest BCUT2D eigenvalue weighted by Crippen LogP contribution is 2.45. The Morgan fingerprint density at radius 3 is 1.77 bits per heavy atom. The average Bonchev–Trinajstić information content (AvgIpc) is 4.12. The summed E-state index contributed by atoms with van der Waals surface area (Å²) in [5, 5.41) is 7.37. The third-order valence-electron chi connectivity index (χ3n) is 16.2. The number of hydrogen-bond donors (Lipinski definition) is 0. The van der Waals surface area contributed by atoms with Crippen LogP contribution in [0.25, 0.3) is 110 Å². The first kappa shape index (κ1) is 47.5. The summed E-state index contributed by atoms with van der Waals surface area (Å²) in [6.45, 7) is 20.7. The highest BCUT2D eigenvalue weighted by Gasteiger charge is 2.29. The SMILES string of the molecule is CC(C)(C)c1cc(-c2cccc(-c3ccccc3)c2-[n+]2cn(-c3cccc(Oc4ccc5c6cc7c8cccc9c%10ccccc%10n(c7cc6n(-c6cc(C(C)(C)C)ccn6)c5c4)c98)c3)c3ccccc32)cc(C(C)(C)C)c1. The lowest BCUT2D eigenvalue weighted by atomic mass is 9.78. The maximum absolute atomic E-state index is 6.99. The molecule has 6 heteroatoms. The van der Waals surface area contributed by atoms with Crippen LogP contribution in [-0.2, 0) is 16.2 Å². The van der Waals surface area contributed by atoms with E-state index in [4.69, 9.17) is 9.72 Å². The average molecular weight is 1010 g/mol. The van der Waals surface area contributed by atoms with Gasteiger partial charge in [-0.05, 0) is 111 Å². The van der Waals surface area contributed by atoms with Crippen molar-refractivity contribution in [1.29, 1.82) is 0 Å². The number of fused-ring (bicyclic) bond motifs is 10. The van der Waals surface area contributed by atoms with Gasteiger partial charge in [0, 0.05) is 61.8 Å². The highest BCUT2D eigenvalue weighted by atomic mass is 16.5. The molecule has 0 N–H and O–H groups in total. The van der Waals surface area contributed by atoms with Crippen molar-refractivity contribution in [3.63, 3.8) is 0 Å². The second-order valence-electron chi connectivity index (χ2n) is 24.4. The van der Waals surface area contributed by atoms with Crippen molar-refractivity contribution in [3.05, 3.63) is 229 Å². The van der Waals surface area contributed by atoms with Crippen LogP contribution >= 0.6 is 0 Å². The number of ether oxygens (including phenoxy) is 1. The minimum Gasteiger partial charge on any atom is -0.457 e. The van der Waals surface area contributed by atoms with Gasteiger partial charge in [0.25, 0.3) is 6.33 Å². The molecule has 0 bridgehead atoms. The Labute approximate surface area is 455 Å². The van der Waals surface area contributed by atoms with Crippen molar-refractivity contribution < 1.29 is 9.30 Å². The van der Waals surface area contributed by atoms with Gasteiger partial charge >= 0.3 is 0 Å². The summed E-state index contributed by atoms with van der Waals surface area (Å²) in [4.78, 5) is 5.10. The highest BCUT2D eigenvalue weighted by molar-refractivity contribution is 6.26. The van der Waals surface area contributed by atoms with Gasteiger partial charge < -0.3 is 9.14 Å². The molecule has 9 aromatic carbocycles. The predicted octanol–water partition coefficient (Wildman–Crippen LogP) is 18.6. The van der Waals surface area contributed by atoms with E-state index in [-0.39, 0.29) is 16.2 Å². The van der Waals surface area contributed by atoms with Crippen molar-refractivity contribution in [2.45, 2.75) is 78.6 Å². The molecule has 6 nitrogen and oxygen atoms in total. The fraction of sp³-hybridized carbons (Fsp3) is 0.167. The van der Waals surface area contributed by atoms with Gasteiger partial charge in [-0.25, -0.2) is 4.98 Å². The molecule has 0 unspecified atom stereocenters. The number of aromatic nitrogens is 5. The van der Waals surface area contributed by atoms with Crippen molar-refractivity contribution in [1.82, 2.24) is 18.5 Å². The zero-order chi connectivity index (χ0) is 53.4. The summed E-state index contributed by atoms with van der Waals surface area (Å²) in [5.41, 5.74) is 18.5. The zero-order valence-corrected chi connectivity index (χ0v) is 45.9. The van der Waals surface area contributed by atoms with E-state index < -0.39 is 0 Å². The van der Waals surface area contributed by atoms with Gasteiger partial charge in [0.05, 0.1) is 27.6 Å². The van der Waals surface area contributed by atoms with Crippen molar-refractivity contribution in [3.8, 4) is 50.9 Å². The van der Waals surface area contributed by atoms with Gasteiger partial charge in [0.2, 0.25) is 0 Å². The van der Waals surface area contributed by atoms with Gasteiger partial charge in [0.1, 0.15) is 28.7 Å². The zero-order valence-electron chi connectivity index (χ0n) is 45.9. The molecular formula is C72H62N5O+. The molecule has 5 aromatic heterocycles. The van der Waals surface area contributed by atoms with E-state index in [9.17, 15) is 0 Å². The first-order valence-corrected chi connectivity index (χ1v) is 27.3. The van der Waals surface area contributed by atoms with Crippen molar-refractivity contribution in [2.24, 2.45) is 0 Å². The van der Waals surface area contributed by atoms with Crippen LogP contribution in [-0.4, -0.2) is 18.5 Å². The molecule has 0 radical (unpaired) electrons. The number of nitrogens with zero attached hydrogens (tertiary/aromatic N) is 5. The molecule has 0 aliphatic carbocycles. The number of imidazole rings is 1. The normalized spacial score (nSPS) is 12.7. The number of benzene rings is 9. The molecule has 0 amide bonds. The Morgan fingerprint density at radius 2 is 1.01 bits per heavy atom. The van der Waals surface area contributed by atoms with Crippen LogP contribution in [0.15, 0.2) is 213 Å². The van der Waals surface area contributed by atoms with Gasteiger partial charge in [-0.3, -0.25) is 4.57 Å². The standard InChI is InChI=1S/C72H62N5O/c1-70(2,3)47-34-35-73-67(39-47)76-64-41-52(32-33-56(64)59-42-60-58-28-19-27-57-55-24-13-14-29-61(55)77(69(57)58)66(60)43-65(59)76)78-51-23-17-22-50(40-51)74-44-75(63-31-16-15-30-62(63)74)68-53(45-20-11-10-12-21-45)25-18-26-54(68)46-36-48(71(4,5)6)38-49(37-46)72(7,8)9/h10-44H,1-9H3/q+1. The minimum atomic E-state index is -0.0691. The smallest absolute Gasteiger partial charge is 0.255 e. The van der Waals surface area contributed by atoms with Crippen LogP contribution < -0.4 is 9.30 Å². The molecule has 380 valence electrons. The van der Waals surface area contributed by atoms with E-state index in [1.807, 2.05) is 6.20 Å². The van der Waals surface area contributed by atoms with Crippen LogP contribution in [0.3, 0.4) is 0 Å². The molecule has 0 aliphatic heterocycles. The number of para-hydroxylation sites is 5. The lowest BCUT2D eigenvalue weighted by Crippen LogP contribution is -2.31. The molecule has 0 atom stereocenters. The molecular weight excluding hydrogens is 951 g/mol. The van der Waals surface area contributed by atoms with Crippen LogP contribution in [0.1, 0.15) is 79.0 Å². The van der Waals surface area contributed by atoms with E-state index >= 15 is 0 Å². The summed E-state index contributed by atoms with van der Waals surface area (Å²) >= 11 is 0. The second kappa shape index (κ2) is 17.3. The molecule has 0 saturated carbocycles. The van der Waals surface area contributed by atoms with Crippen LogP contribution in [0.5, 0.6) is 11.5 Å². The summed E-state index contributed by atoms with van der Waals surface area (Å²) in [6.07, 6.45) is 4.21. The fourth-order valence-corrected chi connectivity index (χ4v) is 12.1. The Hall–Kier alpha value is -9.00. The van der Waals surface area contributed by atoms with Crippen LogP contribution in [0, 0.1) is 0 Å². The Bertz CT molecular complexity index is 4670. The Balaban J connectivity index is 0.921. The topological polar surface area (TPSA) is 40.3 Å². The third-order valence-corrected chi connectivity index (χ3v) is 16.2. The summed E-state index contributed by atoms with van der Waals surface area (Å²) in [6, 6.07) is 73.2. The largest absolute Gasteiger partial charge is 0.457 e. The van der Waals surface area contributed by atoms with E-state index in [1.165, 1.54) is 71.3 Å². The summed E-state index contributed by atoms with van der Waals surface area (Å²) in [5.74, 6) is 2.36. The Morgan fingerprint density at radius 1 is 0.410 bits per heavy atom. The first-order valence-electron chi connectivity index (χ1n) is 27.3. The molecule has 0 spiro atoms. The van der Waals surface area contributed by atoms with E-state index in [0.29, 0.717) is 0 Å². The van der Waals surface area contributed by atoms with Gasteiger partial charge in [-0.2, -0.15) is 9.13 Å². The van der Waals surface area contributed by atoms with Gasteiger partial charge in [-0.1, -0.05) is 184 Å². The lowest BCUT2D eigenvalue weighted by molar-refractivity contribution is -0.566. The molecule has 0 fully saturated rings. The molecule has 14 aromatic rings. The molecule has 5 heterocycles. The predicted molar refractivity (Wildman–Crippen MR) is 325 cm³/mol. The first-order chi connectivity index (χ1) is 37.6. The van der Waals surface area contributed by atoms with Crippen LogP contribution in [0.4, 0.5) is 0 Å². The number of hydrogen-bond acceptors (Lipinski definition) is 2. The third kappa shape index (κ3) is 7.60. The lowest BCUT2D eigenvalue weighted by Gasteiger charge is -2.26. The van der Waals surface area contributed by atoms with Crippen molar-refractivity contribution >= 4 is 70.9 Å². The fourth-order valence-electron chi connectivity index (χ4n) is 12.1. The molecule has 14 rings (SSSR count). The Kier molecular flexibility index (Phi) is 10.5. The summed E-state index contributed by atoms with van der Waals surface area (Å²) in [7, 11) is 0. The van der Waals surface area contributed by atoms with Crippen molar-refractivity contribution in [2.75, 3.05) is 0 Å². The quantitative estimate of drug-likeness (QED) is 0.149. The minimum absolute atomic E-state index is 0.0387. The summed E-state index contributed by atoms with van der Waals surface area (Å²) < 4.78 is 16.5. The molecule has 0 saturated heterocycles.